The molecular weight excluding hydrogens is 256 g/mol. The van der Waals surface area contributed by atoms with Crippen LogP contribution >= 0.6 is 0 Å². The second-order valence-electron chi connectivity index (χ2n) is 4.97. The van der Waals surface area contributed by atoms with Gasteiger partial charge in [-0.3, -0.25) is 0 Å². The Balaban J connectivity index is 2.02. The molecule has 0 aliphatic carbocycles. The molecule has 0 radical (unpaired) electrons. The van der Waals surface area contributed by atoms with Crippen LogP contribution in [0.25, 0.3) is 0 Å². The van der Waals surface area contributed by atoms with Crippen molar-refractivity contribution in [2.45, 2.75) is 6.54 Å². The van der Waals surface area contributed by atoms with Crippen LogP contribution in [0.15, 0.2) is 84.9 Å². The second kappa shape index (κ2) is 6.14. The van der Waals surface area contributed by atoms with Gasteiger partial charge in [0.15, 0.2) is 0 Å². The maximum Gasteiger partial charge on any atom is 0.0647 e. The summed E-state index contributed by atoms with van der Waals surface area (Å²) >= 11 is 0. The Bertz CT molecular complexity index is 693. The minimum absolute atomic E-state index is 0.789. The summed E-state index contributed by atoms with van der Waals surface area (Å²) in [4.78, 5) is 2.24. The second-order valence-corrected chi connectivity index (χ2v) is 4.97. The summed E-state index contributed by atoms with van der Waals surface area (Å²) in [5, 5.41) is 0. The van der Waals surface area contributed by atoms with E-state index < -0.39 is 0 Å². The van der Waals surface area contributed by atoms with E-state index in [4.69, 9.17) is 5.73 Å². The molecule has 21 heavy (non-hydrogen) atoms. The van der Waals surface area contributed by atoms with E-state index in [9.17, 15) is 0 Å². The average Bonchev–Trinajstić information content (AvgIpc) is 2.55. The fourth-order valence-electron chi connectivity index (χ4n) is 2.42. The van der Waals surface area contributed by atoms with Crippen molar-refractivity contribution in [3.05, 3.63) is 90.5 Å². The highest BCUT2D eigenvalue weighted by Gasteiger charge is 2.12. The van der Waals surface area contributed by atoms with E-state index in [0.29, 0.717) is 0 Å². The molecule has 0 saturated heterocycles. The highest BCUT2D eigenvalue weighted by atomic mass is 15.1. The number of para-hydroxylation sites is 3. The molecule has 0 aliphatic rings. The zero-order chi connectivity index (χ0) is 14.5. The maximum absolute atomic E-state index is 6.17. The van der Waals surface area contributed by atoms with Crippen molar-refractivity contribution in [1.82, 2.24) is 0 Å². The minimum Gasteiger partial charge on any atom is -0.397 e. The van der Waals surface area contributed by atoms with Gasteiger partial charge in [-0.1, -0.05) is 60.7 Å². The van der Waals surface area contributed by atoms with Crippen LogP contribution < -0.4 is 10.6 Å². The van der Waals surface area contributed by atoms with Crippen LogP contribution in [0.1, 0.15) is 5.56 Å². The summed E-state index contributed by atoms with van der Waals surface area (Å²) < 4.78 is 0. The lowest BCUT2D eigenvalue weighted by molar-refractivity contribution is 0.977. The molecule has 0 aliphatic heterocycles. The molecule has 2 heteroatoms. The molecule has 2 nitrogen and oxygen atoms in total. The lowest BCUT2D eigenvalue weighted by Crippen LogP contribution is -2.17. The fourth-order valence-corrected chi connectivity index (χ4v) is 2.42. The Morgan fingerprint density at radius 1 is 0.667 bits per heavy atom. The Hall–Kier alpha value is -2.74. The third-order valence-corrected chi connectivity index (χ3v) is 3.48. The zero-order valence-corrected chi connectivity index (χ0v) is 11.8. The lowest BCUT2D eigenvalue weighted by atomic mass is 10.1. The van der Waals surface area contributed by atoms with E-state index in [1.807, 2.05) is 42.5 Å². The van der Waals surface area contributed by atoms with Crippen LogP contribution in [0.3, 0.4) is 0 Å². The number of benzene rings is 3. The molecule has 104 valence electrons. The first-order valence-corrected chi connectivity index (χ1v) is 7.05. The third-order valence-electron chi connectivity index (χ3n) is 3.48. The summed E-state index contributed by atoms with van der Waals surface area (Å²) in [5.41, 5.74) is 10.4. The monoisotopic (exact) mass is 274 g/mol. The molecule has 3 aromatic carbocycles. The van der Waals surface area contributed by atoms with E-state index >= 15 is 0 Å². The van der Waals surface area contributed by atoms with Crippen molar-refractivity contribution in [2.24, 2.45) is 0 Å². The van der Waals surface area contributed by atoms with Crippen molar-refractivity contribution in [2.75, 3.05) is 10.6 Å². The first-order chi connectivity index (χ1) is 10.3. The predicted octanol–water partition coefficient (Wildman–Crippen LogP) is 4.61. The van der Waals surface area contributed by atoms with Crippen LogP contribution in [-0.4, -0.2) is 0 Å². The Morgan fingerprint density at radius 3 is 1.90 bits per heavy atom. The normalized spacial score (nSPS) is 10.3. The molecule has 3 aromatic rings. The quantitative estimate of drug-likeness (QED) is 0.704. The lowest BCUT2D eigenvalue weighted by Gasteiger charge is -2.26. The van der Waals surface area contributed by atoms with Crippen LogP contribution in [0.5, 0.6) is 0 Å². The van der Waals surface area contributed by atoms with Crippen molar-refractivity contribution in [1.29, 1.82) is 0 Å². The summed E-state index contributed by atoms with van der Waals surface area (Å²) in [6, 6.07) is 28.7. The van der Waals surface area contributed by atoms with Gasteiger partial charge in [0, 0.05) is 12.2 Å². The Kier molecular flexibility index (Phi) is 3.88. The van der Waals surface area contributed by atoms with Crippen molar-refractivity contribution in [3.8, 4) is 0 Å². The summed E-state index contributed by atoms with van der Waals surface area (Å²) in [7, 11) is 0. The SMILES string of the molecule is Nc1ccccc1N(Cc1ccccc1)c1ccccc1. The van der Waals surface area contributed by atoms with Crippen LogP contribution in [0.2, 0.25) is 0 Å². The number of nitrogen functional groups attached to an aromatic ring is 1. The molecule has 0 fully saturated rings. The Labute approximate surface area is 125 Å². The van der Waals surface area contributed by atoms with Gasteiger partial charge in [0.1, 0.15) is 0 Å². The molecule has 0 spiro atoms. The van der Waals surface area contributed by atoms with Gasteiger partial charge in [-0.25, -0.2) is 0 Å². The average molecular weight is 274 g/mol. The number of hydrogen-bond donors (Lipinski definition) is 1. The highest BCUT2D eigenvalue weighted by Crippen LogP contribution is 2.31. The zero-order valence-electron chi connectivity index (χ0n) is 11.8. The van der Waals surface area contributed by atoms with Gasteiger partial charge in [-0.15, -0.1) is 0 Å². The molecule has 2 N–H and O–H groups in total. The smallest absolute Gasteiger partial charge is 0.0647 e. The third kappa shape index (κ3) is 3.06. The van der Waals surface area contributed by atoms with Gasteiger partial charge in [0.2, 0.25) is 0 Å². The number of rotatable bonds is 4. The molecule has 0 heterocycles. The van der Waals surface area contributed by atoms with E-state index in [2.05, 4.69) is 47.4 Å². The highest BCUT2D eigenvalue weighted by molar-refractivity contribution is 5.74. The van der Waals surface area contributed by atoms with Crippen LogP contribution in [0.4, 0.5) is 17.1 Å². The molecule has 0 unspecified atom stereocenters. The molecule has 0 atom stereocenters. The molecule has 0 saturated carbocycles. The molecule has 0 bridgehead atoms. The largest absolute Gasteiger partial charge is 0.397 e. The summed E-state index contributed by atoms with van der Waals surface area (Å²) in [5.74, 6) is 0. The fraction of sp³-hybridized carbons (Fsp3) is 0.0526. The molecule has 0 amide bonds. The number of nitrogens with zero attached hydrogens (tertiary/aromatic N) is 1. The van der Waals surface area contributed by atoms with Gasteiger partial charge in [-0.2, -0.15) is 0 Å². The topological polar surface area (TPSA) is 29.3 Å². The van der Waals surface area contributed by atoms with Crippen molar-refractivity contribution in [3.63, 3.8) is 0 Å². The van der Waals surface area contributed by atoms with Gasteiger partial charge in [0.25, 0.3) is 0 Å². The summed E-state index contributed by atoms with van der Waals surface area (Å²) in [6.45, 7) is 0.791. The van der Waals surface area contributed by atoms with E-state index in [-0.39, 0.29) is 0 Å². The van der Waals surface area contributed by atoms with Crippen LogP contribution in [-0.2, 0) is 6.54 Å². The van der Waals surface area contributed by atoms with Gasteiger partial charge < -0.3 is 10.6 Å². The predicted molar refractivity (Wildman–Crippen MR) is 89.6 cm³/mol. The van der Waals surface area contributed by atoms with Gasteiger partial charge in [0.05, 0.1) is 11.4 Å². The van der Waals surface area contributed by atoms with Gasteiger partial charge >= 0.3 is 0 Å². The first-order valence-electron chi connectivity index (χ1n) is 7.05. The Morgan fingerprint density at radius 2 is 1.24 bits per heavy atom. The van der Waals surface area contributed by atoms with Crippen molar-refractivity contribution >= 4 is 17.1 Å². The number of anilines is 3. The number of nitrogens with two attached hydrogens (primary N) is 1. The standard InChI is InChI=1S/C19H18N2/c20-18-13-7-8-14-19(18)21(17-11-5-2-6-12-17)15-16-9-3-1-4-10-16/h1-14H,15,20H2. The van der Waals surface area contributed by atoms with Crippen LogP contribution in [0, 0.1) is 0 Å². The van der Waals surface area contributed by atoms with Gasteiger partial charge in [-0.05, 0) is 29.8 Å². The number of hydrogen-bond acceptors (Lipinski definition) is 2. The molecule has 0 aromatic heterocycles. The molecular formula is C19H18N2. The maximum atomic E-state index is 6.17. The molecule has 3 rings (SSSR count). The summed E-state index contributed by atoms with van der Waals surface area (Å²) in [6.07, 6.45) is 0. The van der Waals surface area contributed by atoms with E-state index in [1.165, 1.54) is 5.56 Å². The van der Waals surface area contributed by atoms with Crippen molar-refractivity contribution < 1.29 is 0 Å². The van der Waals surface area contributed by atoms with E-state index in [0.717, 1.165) is 23.6 Å². The first kappa shape index (κ1) is 13.3. The van der Waals surface area contributed by atoms with E-state index in [1.54, 1.807) is 0 Å². The minimum atomic E-state index is 0.789.